The molecule has 0 radical (unpaired) electrons. The van der Waals surface area contributed by atoms with Gasteiger partial charge in [-0.2, -0.15) is 0 Å². The third-order valence-electron chi connectivity index (χ3n) is 6.96. The van der Waals surface area contributed by atoms with Crippen LogP contribution in [-0.4, -0.2) is 47.2 Å². The third-order valence-corrected chi connectivity index (χ3v) is 6.96. The largest absolute Gasteiger partial charge is 0.430 e. The predicted molar refractivity (Wildman–Crippen MR) is 141 cm³/mol. The molecule has 1 fully saturated rings. The number of esters is 1. The summed E-state index contributed by atoms with van der Waals surface area (Å²) in [5.74, 6) is -1.82. The average Bonchev–Trinajstić information content (AvgIpc) is 2.99. The molecule has 1 unspecified atom stereocenters. The zero-order valence-corrected chi connectivity index (χ0v) is 24.0. The molecule has 1 aliphatic heterocycles. The number of rotatable bonds is 5. The molecular formula is C30H41NO6. The summed E-state index contributed by atoms with van der Waals surface area (Å²) in [6, 6.07) is 3.98. The van der Waals surface area contributed by atoms with Crippen molar-refractivity contribution in [3.63, 3.8) is 0 Å². The first-order chi connectivity index (χ1) is 16.9. The molecule has 1 aromatic rings. The minimum atomic E-state index is -0.777. The fourth-order valence-electron chi connectivity index (χ4n) is 4.94. The van der Waals surface area contributed by atoms with Crippen molar-refractivity contribution in [3.8, 4) is 0 Å². The zero-order chi connectivity index (χ0) is 28.1. The molecule has 0 spiro atoms. The van der Waals surface area contributed by atoms with Gasteiger partial charge in [0.05, 0.1) is 29.7 Å². The Morgan fingerprint density at radius 2 is 1.54 bits per heavy atom. The number of imide groups is 1. The fraction of sp³-hybridized carbons (Fsp3) is 0.600. The minimum Gasteiger partial charge on any atom is -0.430 e. The van der Waals surface area contributed by atoms with Gasteiger partial charge < -0.3 is 9.47 Å². The van der Waals surface area contributed by atoms with Crippen molar-refractivity contribution in [1.29, 1.82) is 0 Å². The van der Waals surface area contributed by atoms with Crippen molar-refractivity contribution in [2.75, 3.05) is 13.2 Å². The van der Waals surface area contributed by atoms with Crippen molar-refractivity contribution in [2.45, 2.75) is 87.6 Å². The van der Waals surface area contributed by atoms with E-state index in [-0.39, 0.29) is 37.7 Å². The van der Waals surface area contributed by atoms with Gasteiger partial charge in [0.15, 0.2) is 5.78 Å². The van der Waals surface area contributed by atoms with Gasteiger partial charge in [0.25, 0.3) is 0 Å². The summed E-state index contributed by atoms with van der Waals surface area (Å²) in [7, 11) is 0. The van der Waals surface area contributed by atoms with Gasteiger partial charge in [-0.3, -0.25) is 24.1 Å². The van der Waals surface area contributed by atoms with Gasteiger partial charge in [-0.1, -0.05) is 38.5 Å². The second-order valence-electron chi connectivity index (χ2n) is 13.0. The summed E-state index contributed by atoms with van der Waals surface area (Å²) < 4.78 is 11.2. The summed E-state index contributed by atoms with van der Waals surface area (Å²) in [4.78, 5) is 55.0. The van der Waals surface area contributed by atoms with E-state index in [1.165, 1.54) is 4.90 Å². The van der Waals surface area contributed by atoms with Gasteiger partial charge >= 0.3 is 5.97 Å². The van der Waals surface area contributed by atoms with Crippen molar-refractivity contribution in [1.82, 2.24) is 4.90 Å². The fourth-order valence-corrected chi connectivity index (χ4v) is 4.94. The molecule has 202 valence electrons. The van der Waals surface area contributed by atoms with E-state index in [2.05, 4.69) is 0 Å². The molecule has 0 N–H and O–H groups in total. The van der Waals surface area contributed by atoms with E-state index < -0.39 is 34.2 Å². The van der Waals surface area contributed by atoms with E-state index in [1.54, 1.807) is 41.5 Å². The van der Waals surface area contributed by atoms with Gasteiger partial charge in [0.2, 0.25) is 11.8 Å². The number of carbonyl (C=O) groups excluding carboxylic acids is 4. The molecule has 3 rings (SSSR count). The lowest BCUT2D eigenvalue weighted by molar-refractivity contribution is -0.180. The van der Waals surface area contributed by atoms with E-state index in [0.717, 1.165) is 22.3 Å². The van der Waals surface area contributed by atoms with Crippen LogP contribution in [0.1, 0.15) is 83.6 Å². The molecule has 0 aromatic heterocycles. The average molecular weight is 512 g/mol. The predicted octanol–water partition coefficient (Wildman–Crippen LogP) is 5.08. The molecular weight excluding hydrogens is 470 g/mol. The second kappa shape index (κ2) is 9.82. The summed E-state index contributed by atoms with van der Waals surface area (Å²) in [6.07, 6.45) is -0.0283. The molecule has 1 aliphatic carbocycles. The van der Waals surface area contributed by atoms with Crippen LogP contribution in [-0.2, 0) is 28.7 Å². The number of nitrogens with zero attached hydrogens (tertiary/aromatic N) is 1. The first kappa shape index (κ1) is 28.8. The number of allylic oxidation sites excluding steroid dienone is 2. The van der Waals surface area contributed by atoms with Crippen LogP contribution in [0.5, 0.6) is 0 Å². The van der Waals surface area contributed by atoms with Crippen LogP contribution >= 0.6 is 0 Å². The standard InChI is InChI=1S/C30H41NO6/c1-17-11-18(2)23(19(3)12-17)24-21(37-27(35)29(7,8)9)13-20(25(24)33)14-22(32)31(26(34)28(4,5)6)30(10)15-36-16-30/h11-12,20H,13-16H2,1-10H3. The Labute approximate surface area is 220 Å². The topological polar surface area (TPSA) is 90.0 Å². The second-order valence-corrected chi connectivity index (χ2v) is 13.0. The van der Waals surface area contributed by atoms with Crippen molar-refractivity contribution in [3.05, 3.63) is 40.1 Å². The highest BCUT2D eigenvalue weighted by Crippen LogP contribution is 2.42. The Bertz CT molecular complexity index is 1150. The molecule has 1 aromatic carbocycles. The van der Waals surface area contributed by atoms with Crippen molar-refractivity contribution < 1.29 is 28.7 Å². The lowest BCUT2D eigenvalue weighted by Crippen LogP contribution is -2.65. The van der Waals surface area contributed by atoms with Gasteiger partial charge in [0, 0.05) is 24.2 Å². The number of amides is 2. The number of ether oxygens (including phenoxy) is 2. The molecule has 37 heavy (non-hydrogen) atoms. The Hall–Kier alpha value is -2.80. The van der Waals surface area contributed by atoms with Crippen LogP contribution in [0.2, 0.25) is 0 Å². The number of carbonyl (C=O) groups is 4. The number of ketones is 1. The molecule has 1 heterocycles. The first-order valence-corrected chi connectivity index (χ1v) is 12.9. The number of aryl methyl sites for hydroxylation is 3. The van der Waals surface area contributed by atoms with Crippen molar-refractivity contribution in [2.24, 2.45) is 16.7 Å². The molecule has 0 bridgehead atoms. The molecule has 2 amide bonds. The SMILES string of the molecule is Cc1cc(C)c(C2=C(OC(=O)C(C)(C)C)CC(CC(=O)N(C(=O)C(C)(C)C)C3(C)COC3)C2=O)c(C)c1. The van der Waals surface area contributed by atoms with Crippen LogP contribution in [0.15, 0.2) is 17.9 Å². The number of benzene rings is 1. The van der Waals surface area contributed by atoms with Crippen LogP contribution in [0.25, 0.3) is 5.57 Å². The van der Waals surface area contributed by atoms with Crippen LogP contribution in [0.3, 0.4) is 0 Å². The number of hydrogen-bond donors (Lipinski definition) is 0. The maximum absolute atomic E-state index is 13.9. The monoisotopic (exact) mass is 511 g/mol. The summed E-state index contributed by atoms with van der Waals surface area (Å²) >= 11 is 0. The highest BCUT2D eigenvalue weighted by atomic mass is 16.5. The Balaban J connectivity index is 1.99. The summed E-state index contributed by atoms with van der Waals surface area (Å²) in [6.45, 7) is 18.8. The lowest BCUT2D eigenvalue weighted by Gasteiger charge is -2.47. The van der Waals surface area contributed by atoms with E-state index in [9.17, 15) is 19.2 Å². The maximum Gasteiger partial charge on any atom is 0.316 e. The molecule has 1 atom stereocenters. The Morgan fingerprint density at radius 1 is 1.00 bits per heavy atom. The normalized spacial score (nSPS) is 19.5. The first-order valence-electron chi connectivity index (χ1n) is 12.9. The van der Waals surface area contributed by atoms with Crippen molar-refractivity contribution >= 4 is 29.1 Å². The van der Waals surface area contributed by atoms with E-state index in [1.807, 2.05) is 39.8 Å². The molecule has 7 nitrogen and oxygen atoms in total. The minimum absolute atomic E-state index is 0.124. The lowest BCUT2D eigenvalue weighted by atomic mass is 9.87. The van der Waals surface area contributed by atoms with Crippen LogP contribution in [0.4, 0.5) is 0 Å². The van der Waals surface area contributed by atoms with Gasteiger partial charge in [-0.15, -0.1) is 0 Å². The molecule has 2 aliphatic rings. The van der Waals surface area contributed by atoms with Crippen LogP contribution < -0.4 is 0 Å². The van der Waals surface area contributed by atoms with Crippen LogP contribution in [0, 0.1) is 37.5 Å². The zero-order valence-electron chi connectivity index (χ0n) is 24.0. The van der Waals surface area contributed by atoms with Gasteiger partial charge in [-0.25, -0.2) is 0 Å². The Kier molecular flexibility index (Phi) is 7.64. The summed E-state index contributed by atoms with van der Waals surface area (Å²) in [5.41, 5.74) is 1.69. The highest BCUT2D eigenvalue weighted by Gasteiger charge is 2.49. The van der Waals surface area contributed by atoms with E-state index in [4.69, 9.17) is 9.47 Å². The highest BCUT2D eigenvalue weighted by molar-refractivity contribution is 6.26. The van der Waals surface area contributed by atoms with E-state index >= 15 is 0 Å². The number of Topliss-reactive ketones (excluding diaryl/α,β-unsaturated/α-hetero) is 1. The maximum atomic E-state index is 13.9. The molecule has 7 heteroatoms. The molecule has 1 saturated heterocycles. The van der Waals surface area contributed by atoms with Gasteiger partial charge in [-0.05, 0) is 65.2 Å². The summed E-state index contributed by atoms with van der Waals surface area (Å²) in [5, 5.41) is 0. The Morgan fingerprint density at radius 3 is 1.97 bits per heavy atom. The molecule has 0 saturated carbocycles. The van der Waals surface area contributed by atoms with E-state index in [0.29, 0.717) is 11.3 Å². The van der Waals surface area contributed by atoms with Gasteiger partial charge in [0.1, 0.15) is 5.76 Å². The number of hydrogen-bond acceptors (Lipinski definition) is 6. The quantitative estimate of drug-likeness (QED) is 0.512. The smallest absolute Gasteiger partial charge is 0.316 e. The third kappa shape index (κ3) is 5.71.